The third-order valence-electron chi connectivity index (χ3n) is 3.20. The maximum Gasteiger partial charge on any atom is 0.240 e. The van der Waals surface area contributed by atoms with Crippen molar-refractivity contribution in [1.29, 1.82) is 0 Å². The van der Waals surface area contributed by atoms with Gasteiger partial charge in [-0.05, 0) is 19.0 Å². The third kappa shape index (κ3) is 2.90. The first-order valence-electron chi connectivity index (χ1n) is 6.42. The van der Waals surface area contributed by atoms with Crippen molar-refractivity contribution >= 4 is 0 Å². The second-order valence-electron chi connectivity index (χ2n) is 4.29. The van der Waals surface area contributed by atoms with Crippen molar-refractivity contribution in [3.8, 4) is 17.1 Å². The SMILES string of the molecule is CCC(NC)c1ccc(-c2nccnc2OC)cc1. The van der Waals surface area contributed by atoms with Crippen molar-refractivity contribution in [3.63, 3.8) is 0 Å². The van der Waals surface area contributed by atoms with Crippen LogP contribution in [-0.2, 0) is 0 Å². The Morgan fingerprint density at radius 3 is 2.42 bits per heavy atom. The molecule has 0 fully saturated rings. The molecule has 1 atom stereocenters. The number of hydrogen-bond donors (Lipinski definition) is 1. The maximum absolute atomic E-state index is 5.23. The van der Waals surface area contributed by atoms with Crippen LogP contribution in [0.25, 0.3) is 11.3 Å². The van der Waals surface area contributed by atoms with Crippen molar-refractivity contribution in [1.82, 2.24) is 15.3 Å². The van der Waals surface area contributed by atoms with Crippen molar-refractivity contribution in [2.45, 2.75) is 19.4 Å². The molecule has 0 radical (unpaired) electrons. The zero-order valence-electron chi connectivity index (χ0n) is 11.6. The molecule has 2 rings (SSSR count). The summed E-state index contributed by atoms with van der Waals surface area (Å²) in [5.74, 6) is 0.552. The smallest absolute Gasteiger partial charge is 0.240 e. The van der Waals surface area contributed by atoms with Gasteiger partial charge in [0.15, 0.2) is 0 Å². The number of nitrogens with zero attached hydrogens (tertiary/aromatic N) is 2. The number of aromatic nitrogens is 2. The van der Waals surface area contributed by atoms with Crippen LogP contribution in [0.3, 0.4) is 0 Å². The lowest BCUT2D eigenvalue weighted by Gasteiger charge is -2.14. The molecule has 1 unspecified atom stereocenters. The molecule has 0 amide bonds. The molecular weight excluding hydrogens is 238 g/mol. The molecule has 1 heterocycles. The van der Waals surface area contributed by atoms with E-state index in [-0.39, 0.29) is 0 Å². The molecule has 19 heavy (non-hydrogen) atoms. The van der Waals surface area contributed by atoms with E-state index in [4.69, 9.17) is 4.74 Å². The monoisotopic (exact) mass is 257 g/mol. The summed E-state index contributed by atoms with van der Waals surface area (Å²) >= 11 is 0. The van der Waals surface area contributed by atoms with Crippen molar-refractivity contribution < 1.29 is 4.74 Å². The van der Waals surface area contributed by atoms with E-state index in [2.05, 4.69) is 46.5 Å². The number of benzene rings is 1. The molecule has 4 nitrogen and oxygen atoms in total. The van der Waals surface area contributed by atoms with Gasteiger partial charge in [0.2, 0.25) is 5.88 Å². The number of ether oxygens (including phenoxy) is 1. The lowest BCUT2D eigenvalue weighted by atomic mass is 10.0. The largest absolute Gasteiger partial charge is 0.479 e. The zero-order valence-corrected chi connectivity index (χ0v) is 11.6. The average molecular weight is 257 g/mol. The number of nitrogens with one attached hydrogen (secondary N) is 1. The molecular formula is C15H19N3O. The highest BCUT2D eigenvalue weighted by Crippen LogP contribution is 2.26. The van der Waals surface area contributed by atoms with E-state index in [9.17, 15) is 0 Å². The van der Waals surface area contributed by atoms with Gasteiger partial charge in [-0.15, -0.1) is 0 Å². The Labute approximate surface area is 113 Å². The molecule has 0 bridgehead atoms. The molecule has 0 saturated carbocycles. The molecule has 0 aliphatic carbocycles. The minimum atomic E-state index is 0.387. The van der Waals surface area contributed by atoms with Crippen LogP contribution in [0.15, 0.2) is 36.7 Å². The number of hydrogen-bond acceptors (Lipinski definition) is 4. The molecule has 0 aliphatic rings. The van der Waals surface area contributed by atoms with Crippen molar-refractivity contribution in [2.75, 3.05) is 14.2 Å². The van der Waals surface area contributed by atoms with Gasteiger partial charge in [0.25, 0.3) is 0 Å². The summed E-state index contributed by atoms with van der Waals surface area (Å²) in [7, 11) is 3.59. The van der Waals surface area contributed by atoms with Gasteiger partial charge in [-0.1, -0.05) is 31.2 Å². The summed E-state index contributed by atoms with van der Waals surface area (Å²) in [5, 5.41) is 3.30. The molecule has 2 aromatic rings. The van der Waals surface area contributed by atoms with Gasteiger partial charge in [0.05, 0.1) is 7.11 Å². The highest BCUT2D eigenvalue weighted by molar-refractivity contribution is 5.64. The minimum absolute atomic E-state index is 0.387. The Morgan fingerprint density at radius 1 is 1.16 bits per heavy atom. The predicted octanol–water partition coefficient (Wildman–Crippen LogP) is 2.82. The summed E-state index contributed by atoms with van der Waals surface area (Å²) < 4.78 is 5.23. The summed E-state index contributed by atoms with van der Waals surface area (Å²) in [6.07, 6.45) is 4.36. The van der Waals surface area contributed by atoms with Crippen LogP contribution in [0.4, 0.5) is 0 Å². The predicted molar refractivity (Wildman–Crippen MR) is 76.1 cm³/mol. The van der Waals surface area contributed by atoms with E-state index in [0.29, 0.717) is 11.9 Å². The first-order chi connectivity index (χ1) is 9.30. The Hall–Kier alpha value is -1.94. The molecule has 1 aromatic heterocycles. The van der Waals surface area contributed by atoms with E-state index in [1.807, 2.05) is 7.05 Å². The molecule has 1 aromatic carbocycles. The molecule has 0 spiro atoms. The van der Waals surface area contributed by atoms with Crippen LogP contribution in [0.5, 0.6) is 5.88 Å². The van der Waals surface area contributed by atoms with Crippen molar-refractivity contribution in [3.05, 3.63) is 42.2 Å². The third-order valence-corrected chi connectivity index (χ3v) is 3.20. The first kappa shape index (κ1) is 13.5. The normalized spacial score (nSPS) is 12.2. The molecule has 1 N–H and O–H groups in total. The lowest BCUT2D eigenvalue weighted by molar-refractivity contribution is 0.398. The molecule has 0 aliphatic heterocycles. The fourth-order valence-electron chi connectivity index (χ4n) is 2.15. The highest BCUT2D eigenvalue weighted by atomic mass is 16.5. The summed E-state index contributed by atoms with van der Waals surface area (Å²) in [5.41, 5.74) is 3.06. The zero-order chi connectivity index (χ0) is 13.7. The fraction of sp³-hybridized carbons (Fsp3) is 0.333. The van der Waals surface area contributed by atoms with Crippen LogP contribution in [0.2, 0.25) is 0 Å². The second kappa shape index (κ2) is 6.29. The minimum Gasteiger partial charge on any atom is -0.479 e. The van der Waals surface area contributed by atoms with Gasteiger partial charge in [0.1, 0.15) is 5.69 Å². The fourth-order valence-corrected chi connectivity index (χ4v) is 2.15. The van der Waals surface area contributed by atoms with Crippen LogP contribution in [-0.4, -0.2) is 24.1 Å². The summed E-state index contributed by atoms with van der Waals surface area (Å²) in [6, 6.07) is 8.74. The Kier molecular flexibility index (Phi) is 4.47. The summed E-state index contributed by atoms with van der Waals surface area (Å²) in [6.45, 7) is 2.17. The van der Waals surface area contributed by atoms with Gasteiger partial charge in [0, 0.05) is 24.0 Å². The average Bonchev–Trinajstić information content (AvgIpc) is 2.49. The number of rotatable bonds is 5. The maximum atomic E-state index is 5.23. The first-order valence-corrected chi connectivity index (χ1v) is 6.42. The van der Waals surface area contributed by atoms with E-state index in [1.54, 1.807) is 19.5 Å². The quantitative estimate of drug-likeness (QED) is 0.894. The van der Waals surface area contributed by atoms with Gasteiger partial charge < -0.3 is 10.1 Å². The van der Waals surface area contributed by atoms with Gasteiger partial charge in [-0.3, -0.25) is 0 Å². The van der Waals surface area contributed by atoms with Crippen LogP contribution in [0.1, 0.15) is 24.9 Å². The summed E-state index contributed by atoms with van der Waals surface area (Å²) in [4.78, 5) is 8.50. The van der Waals surface area contributed by atoms with Crippen LogP contribution in [0, 0.1) is 0 Å². The Bertz CT molecular complexity index is 521. The van der Waals surface area contributed by atoms with Gasteiger partial charge >= 0.3 is 0 Å². The van der Waals surface area contributed by atoms with Crippen molar-refractivity contribution in [2.24, 2.45) is 0 Å². The molecule has 100 valence electrons. The van der Waals surface area contributed by atoms with E-state index in [0.717, 1.165) is 17.7 Å². The van der Waals surface area contributed by atoms with E-state index in [1.165, 1.54) is 5.56 Å². The molecule has 0 saturated heterocycles. The highest BCUT2D eigenvalue weighted by Gasteiger charge is 2.10. The van der Waals surface area contributed by atoms with E-state index >= 15 is 0 Å². The Balaban J connectivity index is 2.32. The Morgan fingerprint density at radius 2 is 1.84 bits per heavy atom. The van der Waals surface area contributed by atoms with Gasteiger partial charge in [-0.25, -0.2) is 9.97 Å². The van der Waals surface area contributed by atoms with E-state index < -0.39 is 0 Å². The topological polar surface area (TPSA) is 47.0 Å². The van der Waals surface area contributed by atoms with Gasteiger partial charge in [-0.2, -0.15) is 0 Å². The second-order valence-corrected chi connectivity index (χ2v) is 4.29. The van der Waals surface area contributed by atoms with Crippen LogP contribution >= 0.6 is 0 Å². The molecule has 4 heteroatoms. The number of methoxy groups -OCH3 is 1. The lowest BCUT2D eigenvalue weighted by Crippen LogP contribution is -2.14. The standard InChI is InChI=1S/C15H19N3O/c1-4-13(16-2)11-5-7-12(8-6-11)14-15(19-3)18-10-9-17-14/h5-10,13,16H,4H2,1-3H3. The van der Waals surface area contributed by atoms with Crippen LogP contribution < -0.4 is 10.1 Å².